The van der Waals surface area contributed by atoms with Crippen molar-refractivity contribution in [2.24, 2.45) is 17.6 Å². The number of unbranched alkanes of at least 4 members (excludes halogenated alkanes) is 3. The van der Waals surface area contributed by atoms with Crippen LogP contribution >= 0.6 is 23.2 Å². The van der Waals surface area contributed by atoms with E-state index in [0.717, 1.165) is 293 Å². The average Bonchev–Trinajstić information content (AvgIpc) is 1.63. The zero-order valence-corrected chi connectivity index (χ0v) is 86.3. The highest BCUT2D eigenvalue weighted by Crippen LogP contribution is 2.43. The standard InChI is InChI=1S/C33H37ClF3N3O.C31H32ClF3N2O2.C27H34F3N3O.C27H33F3N2O/c1-2-25-20-27(41-33(35,36)37)9-10-28(25)30-22-40(15-5-14-38)32-11-8-24(19-29(30)32)21-39-16-12-23(13-17-39)18-26-6-3-4-7-31(26)34;1-2-3-16-37-21-29(23-5-9-27(10-6-23)39-31(33,34)35)28-19-22(4-13-30(28)37)20-36-17-14-26(15-18-36)38-25-11-7-24(32)8-12-25;1-3-5-14-33-19-25(21-7-9-23(10-8-21)34-27(28,29)30)24-17-20(6-11-26(24)33)18-32-15-12-22(13-16-32)31-4-2;1-3-5-14-32-19-25(22-7-9-23(10-8-22)33-27(28,29)30)24-17-21(6-11-26(24)32)18-31-15-12-20(4-2)13-16-31/h3-4,6-11,19-20,22-23H,2,5,12-18,21,38H2,1H3;4-13,19,21,26H,2-3,14-18,20H2,1H3;6-11,17,19,22,31H,3-5,12-16,18H2,1-2H3;6-11,17,19-20H,3-5,12-16,18H2,1-2H3. The molecule has 3 N–H and O–H groups in total. The first-order valence-electron chi connectivity index (χ1n) is 52.2. The molecule has 18 rings (SSSR count). The van der Waals surface area contributed by atoms with Crippen molar-refractivity contribution in [2.75, 3.05) is 65.4 Å². The monoisotopic (exact) mass is 2070 g/mol. The van der Waals surface area contributed by atoms with Gasteiger partial charge in [0.05, 0.1) is 0 Å². The van der Waals surface area contributed by atoms with Crippen molar-refractivity contribution in [3.8, 4) is 73.3 Å². The summed E-state index contributed by atoms with van der Waals surface area (Å²) in [6, 6.07) is 65.9. The third-order valence-corrected chi connectivity index (χ3v) is 29.3. The SMILES string of the molecule is CCCCn1cc(-c2ccc(OC(F)(F)F)cc2)c2cc(CN3CCC(CC)CC3)ccc21.CCCCn1cc(-c2ccc(OC(F)(F)F)cc2)c2cc(CN3CCC(NCC)CC3)ccc21.CCCCn1cc(-c2ccc(OC(F)(F)F)cc2)c2cc(CN3CCC(Oc4ccc(Cl)cc4)CC3)ccc21.CCc1cc(OC(F)(F)F)ccc1-c1cn(CCCN)c2ccc(CN3CCC(Cc4ccccc4Cl)CC3)cc12. The molecular weight excluding hydrogens is 1940 g/mol. The Morgan fingerprint density at radius 1 is 0.340 bits per heavy atom. The predicted molar refractivity (Wildman–Crippen MR) is 568 cm³/mol. The van der Waals surface area contributed by atoms with Gasteiger partial charge in [-0.05, 0) is 337 Å². The minimum absolute atomic E-state index is 0.188. The summed E-state index contributed by atoms with van der Waals surface area (Å²) >= 11 is 12.4. The number of hydrogen-bond donors (Lipinski definition) is 2. The van der Waals surface area contributed by atoms with Gasteiger partial charge < -0.3 is 53.0 Å². The second-order valence-corrected chi connectivity index (χ2v) is 40.1. The molecule has 786 valence electrons. The summed E-state index contributed by atoms with van der Waals surface area (Å²) in [6.07, 6.45) is 9.14. The summed E-state index contributed by atoms with van der Waals surface area (Å²) in [7, 11) is 0. The predicted octanol–water partition coefficient (Wildman–Crippen LogP) is 31.1. The normalized spacial score (nSPS) is 15.4. The Kier molecular flexibility index (Phi) is 38.5. The van der Waals surface area contributed by atoms with Crippen LogP contribution in [0.2, 0.25) is 10.0 Å². The van der Waals surface area contributed by atoms with E-state index in [2.05, 4.69) is 206 Å². The van der Waals surface area contributed by atoms with Gasteiger partial charge in [-0.2, -0.15) is 0 Å². The van der Waals surface area contributed by atoms with E-state index in [0.29, 0.717) is 29.9 Å². The maximum absolute atomic E-state index is 12.9. The molecule has 0 saturated carbocycles. The third-order valence-electron chi connectivity index (χ3n) is 28.6. The van der Waals surface area contributed by atoms with Crippen LogP contribution in [0, 0.1) is 11.8 Å². The van der Waals surface area contributed by atoms with Crippen molar-refractivity contribution in [3.63, 3.8) is 0 Å². The number of aromatic nitrogens is 4. The van der Waals surface area contributed by atoms with Gasteiger partial charge in [-0.25, -0.2) is 0 Å². The molecule has 4 saturated heterocycles. The Morgan fingerprint density at radius 3 is 1.04 bits per heavy atom. The smallest absolute Gasteiger partial charge is 0.490 e. The lowest BCUT2D eigenvalue weighted by atomic mass is 9.90. The number of ether oxygens (including phenoxy) is 5. The lowest BCUT2D eigenvalue weighted by Crippen LogP contribution is -2.42. The molecule has 0 atom stereocenters. The molecule has 4 aliphatic rings. The summed E-state index contributed by atoms with van der Waals surface area (Å²) < 4.78 is 183. The molecular formula is C118H136Cl2F12N10O5. The van der Waals surface area contributed by atoms with Crippen molar-refractivity contribution in [3.05, 3.63) is 281 Å². The molecule has 147 heavy (non-hydrogen) atoms. The van der Waals surface area contributed by atoms with Gasteiger partial charge in [0.2, 0.25) is 0 Å². The summed E-state index contributed by atoms with van der Waals surface area (Å²) in [5.74, 6) is 1.53. The topological polar surface area (TPSA) is 117 Å². The maximum atomic E-state index is 12.9. The Bertz CT molecular complexity index is 6530. The first kappa shape index (κ1) is 110. The summed E-state index contributed by atoms with van der Waals surface area (Å²) in [4.78, 5) is 9.99. The molecule has 0 radical (unpaired) electrons. The second-order valence-electron chi connectivity index (χ2n) is 39.3. The van der Waals surface area contributed by atoms with Crippen LogP contribution in [0.1, 0.15) is 178 Å². The van der Waals surface area contributed by atoms with Gasteiger partial charge in [-0.15, -0.1) is 52.7 Å². The second kappa shape index (κ2) is 51.4. The van der Waals surface area contributed by atoms with Crippen molar-refractivity contribution in [1.29, 1.82) is 0 Å². The Balaban J connectivity index is 0.000000148. The number of fused-ring (bicyclic) bond motifs is 4. The van der Waals surface area contributed by atoms with Crippen LogP contribution in [-0.2, 0) is 65.2 Å². The van der Waals surface area contributed by atoms with Gasteiger partial charge in [0.15, 0.2) is 0 Å². The number of benzene rings is 10. The molecule has 4 aliphatic heterocycles. The molecule has 10 aromatic carbocycles. The van der Waals surface area contributed by atoms with Crippen LogP contribution < -0.4 is 34.7 Å². The Morgan fingerprint density at radius 2 is 0.680 bits per heavy atom. The largest absolute Gasteiger partial charge is 0.573 e. The first-order chi connectivity index (χ1) is 70.7. The number of likely N-dealkylation sites (tertiary alicyclic amines) is 4. The number of hydrogen-bond acceptors (Lipinski definition) is 11. The molecule has 8 heterocycles. The Labute approximate surface area is 865 Å². The minimum Gasteiger partial charge on any atom is -0.490 e. The summed E-state index contributed by atoms with van der Waals surface area (Å²) in [5, 5.41) is 9.60. The molecule has 0 unspecified atom stereocenters. The van der Waals surface area contributed by atoms with E-state index in [1.807, 2.05) is 43.3 Å². The number of aryl methyl sites for hydroxylation is 5. The minimum atomic E-state index is -4.72. The van der Waals surface area contributed by atoms with E-state index in [9.17, 15) is 52.7 Å². The van der Waals surface area contributed by atoms with Crippen LogP contribution in [0.4, 0.5) is 52.7 Å². The lowest BCUT2D eigenvalue weighted by molar-refractivity contribution is -0.275. The fourth-order valence-electron chi connectivity index (χ4n) is 20.9. The number of halogens is 14. The summed E-state index contributed by atoms with van der Waals surface area (Å²) in [5.41, 5.74) is 25.1. The maximum Gasteiger partial charge on any atom is 0.573 e. The highest BCUT2D eigenvalue weighted by atomic mass is 35.5. The molecule has 15 nitrogen and oxygen atoms in total. The van der Waals surface area contributed by atoms with E-state index in [4.69, 9.17) is 33.7 Å². The van der Waals surface area contributed by atoms with E-state index in [1.54, 1.807) is 42.5 Å². The average molecular weight is 2070 g/mol. The fraction of sp³-hybridized carbons (Fsp3) is 0.424. The number of nitrogens with zero attached hydrogens (tertiary/aromatic N) is 8. The zero-order chi connectivity index (χ0) is 104. The van der Waals surface area contributed by atoms with Crippen molar-refractivity contribution >= 4 is 66.8 Å². The number of rotatable bonds is 36. The highest BCUT2D eigenvalue weighted by Gasteiger charge is 2.36. The van der Waals surface area contributed by atoms with Crippen LogP contribution in [0.5, 0.6) is 28.7 Å². The van der Waals surface area contributed by atoms with E-state index < -0.39 is 25.4 Å². The lowest BCUT2D eigenvalue weighted by Gasteiger charge is -2.32. The van der Waals surface area contributed by atoms with Gasteiger partial charge in [0.1, 0.15) is 34.9 Å². The molecule has 14 aromatic rings. The molecule has 0 bridgehead atoms. The van der Waals surface area contributed by atoms with E-state index in [-0.39, 0.29) is 29.1 Å². The molecule has 0 aliphatic carbocycles. The van der Waals surface area contributed by atoms with E-state index in [1.165, 1.54) is 114 Å². The van der Waals surface area contributed by atoms with E-state index >= 15 is 0 Å². The Hall–Kier alpha value is -11.1. The number of nitrogens with two attached hydrogens (primary N) is 1. The number of alkyl halides is 12. The van der Waals surface area contributed by atoms with Gasteiger partial charge in [-0.3, -0.25) is 19.6 Å². The van der Waals surface area contributed by atoms with Crippen LogP contribution in [-0.4, -0.2) is 141 Å². The van der Waals surface area contributed by atoms with Crippen molar-refractivity contribution in [1.82, 2.24) is 43.2 Å². The molecule has 4 fully saturated rings. The van der Waals surface area contributed by atoms with Gasteiger partial charge >= 0.3 is 25.4 Å². The van der Waals surface area contributed by atoms with Crippen molar-refractivity contribution in [2.45, 2.75) is 247 Å². The van der Waals surface area contributed by atoms with Crippen LogP contribution in [0.15, 0.2) is 237 Å². The van der Waals surface area contributed by atoms with Crippen molar-refractivity contribution < 1.29 is 76.4 Å². The summed E-state index contributed by atoms with van der Waals surface area (Å²) in [6.45, 7) is 30.0. The highest BCUT2D eigenvalue weighted by molar-refractivity contribution is 6.31. The molecule has 29 heteroatoms. The number of piperidine rings is 4. The fourth-order valence-corrected chi connectivity index (χ4v) is 21.2. The molecule has 4 aromatic heterocycles. The number of nitrogens with one attached hydrogen (secondary N) is 1. The quantitative estimate of drug-likeness (QED) is 0.0366. The third kappa shape index (κ3) is 31.3. The van der Waals surface area contributed by atoms with Crippen LogP contribution in [0.3, 0.4) is 0 Å². The van der Waals surface area contributed by atoms with Gasteiger partial charge in [0.25, 0.3) is 0 Å². The molecule has 0 spiro atoms. The zero-order valence-electron chi connectivity index (χ0n) is 84.8. The molecule has 0 amide bonds. The van der Waals surface area contributed by atoms with Gasteiger partial charge in [-0.1, -0.05) is 175 Å². The van der Waals surface area contributed by atoms with Gasteiger partial charge in [0, 0.05) is 172 Å². The van der Waals surface area contributed by atoms with Crippen LogP contribution in [0.25, 0.3) is 88.1 Å². The first-order valence-corrected chi connectivity index (χ1v) is 52.9.